The van der Waals surface area contributed by atoms with E-state index in [1.54, 1.807) is 26.2 Å². The Bertz CT molecular complexity index is 626. The summed E-state index contributed by atoms with van der Waals surface area (Å²) in [5.74, 6) is -0.149. The van der Waals surface area contributed by atoms with Gasteiger partial charge in [0.25, 0.3) is 5.91 Å². The fourth-order valence-electron chi connectivity index (χ4n) is 2.56. The molecule has 1 saturated heterocycles. The molecule has 1 aromatic carbocycles. The number of amides is 1. The van der Waals surface area contributed by atoms with Gasteiger partial charge in [-0.05, 0) is 50.6 Å². The number of carbonyl (C=O) groups excluding carboxylic acids is 1. The molecule has 1 amide bonds. The van der Waals surface area contributed by atoms with Crippen LogP contribution in [0.4, 0.5) is 0 Å². The van der Waals surface area contributed by atoms with Crippen LogP contribution >= 0.6 is 0 Å². The van der Waals surface area contributed by atoms with Crippen LogP contribution in [-0.2, 0) is 10.0 Å². The largest absolute Gasteiger partial charge is 0.345 e. The molecular formula is C15H23N3O3S. The molecule has 2 unspecified atom stereocenters. The van der Waals surface area contributed by atoms with E-state index in [0.29, 0.717) is 11.6 Å². The maximum Gasteiger partial charge on any atom is 0.253 e. The molecule has 2 atom stereocenters. The van der Waals surface area contributed by atoms with Crippen LogP contribution in [0.1, 0.15) is 30.1 Å². The highest BCUT2D eigenvalue weighted by Crippen LogP contribution is 2.15. The average Bonchev–Trinajstić information content (AvgIpc) is 2.46. The van der Waals surface area contributed by atoms with Crippen molar-refractivity contribution < 1.29 is 13.2 Å². The number of hydrogen-bond donors (Lipinski definition) is 2. The molecule has 2 rings (SSSR count). The molecule has 1 aliphatic heterocycles. The van der Waals surface area contributed by atoms with Crippen LogP contribution in [0.15, 0.2) is 29.2 Å². The lowest BCUT2D eigenvalue weighted by Crippen LogP contribution is -2.46. The van der Waals surface area contributed by atoms with Crippen LogP contribution in [0.3, 0.4) is 0 Å². The van der Waals surface area contributed by atoms with Crippen LogP contribution in [0.2, 0.25) is 0 Å². The standard InChI is InChI=1S/C15H23N3O3S/c1-11-10-13(8-9-16-11)17-22(20,21)14-6-4-12(5-7-14)15(19)18(2)3/h4-7,11,13,16-17H,8-10H2,1-3H3. The first kappa shape index (κ1) is 16.9. The Morgan fingerprint density at radius 1 is 1.27 bits per heavy atom. The van der Waals surface area contributed by atoms with E-state index in [0.717, 1.165) is 19.4 Å². The topological polar surface area (TPSA) is 78.5 Å². The summed E-state index contributed by atoms with van der Waals surface area (Å²) in [4.78, 5) is 13.5. The van der Waals surface area contributed by atoms with E-state index in [4.69, 9.17) is 0 Å². The zero-order valence-corrected chi connectivity index (χ0v) is 14.0. The SMILES string of the molecule is CC1CC(NS(=O)(=O)c2ccc(C(=O)N(C)C)cc2)CCN1. The zero-order valence-electron chi connectivity index (χ0n) is 13.2. The van der Waals surface area contributed by atoms with Gasteiger partial charge in [-0.25, -0.2) is 13.1 Å². The van der Waals surface area contributed by atoms with Gasteiger partial charge < -0.3 is 10.2 Å². The molecule has 1 aromatic rings. The second-order valence-electron chi connectivity index (χ2n) is 5.92. The summed E-state index contributed by atoms with van der Waals surface area (Å²) >= 11 is 0. The maximum absolute atomic E-state index is 12.4. The van der Waals surface area contributed by atoms with Crippen LogP contribution in [0, 0.1) is 0 Å². The Labute approximate surface area is 131 Å². The number of nitrogens with zero attached hydrogens (tertiary/aromatic N) is 1. The van der Waals surface area contributed by atoms with E-state index in [1.165, 1.54) is 17.0 Å². The van der Waals surface area contributed by atoms with Crippen LogP contribution in [0.25, 0.3) is 0 Å². The van der Waals surface area contributed by atoms with Gasteiger partial charge in [-0.3, -0.25) is 4.79 Å². The van der Waals surface area contributed by atoms with Gasteiger partial charge in [0, 0.05) is 31.7 Å². The molecule has 0 aliphatic carbocycles. The first-order chi connectivity index (χ1) is 10.3. The Hall–Kier alpha value is -1.44. The number of hydrogen-bond acceptors (Lipinski definition) is 4. The highest BCUT2D eigenvalue weighted by atomic mass is 32.2. The lowest BCUT2D eigenvalue weighted by Gasteiger charge is -2.28. The van der Waals surface area contributed by atoms with Gasteiger partial charge in [0.15, 0.2) is 0 Å². The smallest absolute Gasteiger partial charge is 0.253 e. The monoisotopic (exact) mass is 325 g/mol. The molecule has 6 nitrogen and oxygen atoms in total. The zero-order chi connectivity index (χ0) is 16.3. The Morgan fingerprint density at radius 3 is 2.45 bits per heavy atom. The van der Waals surface area contributed by atoms with Crippen LogP contribution < -0.4 is 10.0 Å². The Kier molecular flexibility index (Phi) is 5.20. The van der Waals surface area contributed by atoms with E-state index >= 15 is 0 Å². The average molecular weight is 325 g/mol. The molecule has 1 fully saturated rings. The lowest BCUT2D eigenvalue weighted by atomic mass is 10.0. The van der Waals surface area contributed by atoms with Crippen molar-refractivity contribution in [1.82, 2.24) is 14.9 Å². The quantitative estimate of drug-likeness (QED) is 0.858. The number of carbonyl (C=O) groups is 1. The third kappa shape index (κ3) is 4.06. The van der Waals surface area contributed by atoms with Crippen LogP contribution in [0.5, 0.6) is 0 Å². The first-order valence-electron chi connectivity index (χ1n) is 7.37. The predicted octanol–water partition coefficient (Wildman–Crippen LogP) is 0.807. The first-order valence-corrected chi connectivity index (χ1v) is 8.85. The molecule has 0 aromatic heterocycles. The molecule has 0 bridgehead atoms. The number of nitrogens with one attached hydrogen (secondary N) is 2. The molecule has 0 saturated carbocycles. The fourth-order valence-corrected chi connectivity index (χ4v) is 3.84. The number of piperidine rings is 1. The molecule has 1 heterocycles. The Balaban J connectivity index is 2.11. The van der Waals surface area contributed by atoms with Crippen molar-refractivity contribution in [2.45, 2.75) is 36.7 Å². The van der Waals surface area contributed by atoms with Crippen molar-refractivity contribution in [3.05, 3.63) is 29.8 Å². The van der Waals surface area contributed by atoms with Gasteiger partial charge in [0.05, 0.1) is 4.90 Å². The van der Waals surface area contributed by atoms with E-state index in [-0.39, 0.29) is 16.8 Å². The summed E-state index contributed by atoms with van der Waals surface area (Å²) in [6.07, 6.45) is 1.55. The van der Waals surface area contributed by atoms with Crippen molar-refractivity contribution >= 4 is 15.9 Å². The molecule has 2 N–H and O–H groups in total. The molecule has 22 heavy (non-hydrogen) atoms. The van der Waals surface area contributed by atoms with Gasteiger partial charge in [-0.15, -0.1) is 0 Å². The summed E-state index contributed by atoms with van der Waals surface area (Å²) in [5.41, 5.74) is 0.472. The van der Waals surface area contributed by atoms with Crippen molar-refractivity contribution in [1.29, 1.82) is 0 Å². The normalized spacial score (nSPS) is 22.3. The number of rotatable bonds is 4. The summed E-state index contributed by atoms with van der Waals surface area (Å²) < 4.78 is 27.5. The fraction of sp³-hybridized carbons (Fsp3) is 0.533. The second-order valence-corrected chi connectivity index (χ2v) is 7.64. The highest BCUT2D eigenvalue weighted by Gasteiger charge is 2.24. The lowest BCUT2D eigenvalue weighted by molar-refractivity contribution is 0.0827. The van der Waals surface area contributed by atoms with Gasteiger partial charge in [0.2, 0.25) is 10.0 Å². The third-order valence-electron chi connectivity index (χ3n) is 3.76. The second kappa shape index (κ2) is 6.76. The third-order valence-corrected chi connectivity index (χ3v) is 5.30. The van der Waals surface area contributed by atoms with Gasteiger partial charge in [-0.1, -0.05) is 0 Å². The predicted molar refractivity (Wildman–Crippen MR) is 85.3 cm³/mol. The molecule has 7 heteroatoms. The van der Waals surface area contributed by atoms with E-state index in [9.17, 15) is 13.2 Å². The molecule has 0 radical (unpaired) electrons. The minimum absolute atomic E-state index is 0.0515. The maximum atomic E-state index is 12.4. The number of benzene rings is 1. The van der Waals surface area contributed by atoms with Crippen molar-refractivity contribution in [3.63, 3.8) is 0 Å². The molecule has 122 valence electrons. The van der Waals surface area contributed by atoms with Gasteiger partial charge in [-0.2, -0.15) is 0 Å². The minimum Gasteiger partial charge on any atom is -0.345 e. The van der Waals surface area contributed by atoms with Crippen molar-refractivity contribution in [3.8, 4) is 0 Å². The summed E-state index contributed by atoms with van der Waals surface area (Å²) in [5, 5.41) is 3.29. The highest BCUT2D eigenvalue weighted by molar-refractivity contribution is 7.89. The molecule has 0 spiro atoms. The summed E-state index contributed by atoms with van der Waals surface area (Å²) in [6.45, 7) is 2.85. The molecular weight excluding hydrogens is 302 g/mol. The van der Waals surface area contributed by atoms with Gasteiger partial charge >= 0.3 is 0 Å². The summed E-state index contributed by atoms with van der Waals surface area (Å²) in [7, 11) is -0.230. The van der Waals surface area contributed by atoms with Gasteiger partial charge in [0.1, 0.15) is 0 Å². The summed E-state index contributed by atoms with van der Waals surface area (Å²) in [6, 6.07) is 6.29. The van der Waals surface area contributed by atoms with E-state index in [1.807, 2.05) is 6.92 Å². The molecule has 1 aliphatic rings. The number of sulfonamides is 1. The van der Waals surface area contributed by atoms with Crippen LogP contribution in [-0.4, -0.2) is 51.9 Å². The van der Waals surface area contributed by atoms with Crippen molar-refractivity contribution in [2.75, 3.05) is 20.6 Å². The minimum atomic E-state index is -3.55. The van der Waals surface area contributed by atoms with E-state index in [2.05, 4.69) is 10.0 Å². The van der Waals surface area contributed by atoms with Crippen molar-refractivity contribution in [2.24, 2.45) is 0 Å². The Morgan fingerprint density at radius 2 is 1.91 bits per heavy atom. The van der Waals surface area contributed by atoms with E-state index < -0.39 is 10.0 Å².